The fourth-order valence-corrected chi connectivity index (χ4v) is 2.01. The van der Waals surface area contributed by atoms with E-state index in [1.54, 1.807) is 0 Å². The molecule has 0 aromatic heterocycles. The van der Waals surface area contributed by atoms with Crippen LogP contribution in [0.4, 0.5) is 0 Å². The molecule has 0 amide bonds. The number of carboxylic acids is 4. The van der Waals surface area contributed by atoms with E-state index in [2.05, 4.69) is 0 Å². The number of hydrogen-bond donors (Lipinski definition) is 4. The van der Waals surface area contributed by atoms with E-state index < -0.39 is 47.2 Å². The van der Waals surface area contributed by atoms with Crippen molar-refractivity contribution in [3.63, 3.8) is 0 Å². The summed E-state index contributed by atoms with van der Waals surface area (Å²) < 4.78 is 0. The molecule has 0 heterocycles. The fourth-order valence-electron chi connectivity index (χ4n) is 0.903. The van der Waals surface area contributed by atoms with E-state index in [1.165, 1.54) is 0 Å². The maximum Gasteiger partial charge on any atom is 0.317 e. The number of hydrogen-bond acceptors (Lipinski definition) is 5. The van der Waals surface area contributed by atoms with Gasteiger partial charge in [-0.3, -0.25) is 19.2 Å². The van der Waals surface area contributed by atoms with Gasteiger partial charge in [0.2, 0.25) is 0 Å². The molecule has 0 fully saturated rings. The van der Waals surface area contributed by atoms with Crippen LogP contribution in [-0.2, 0) is 19.2 Å². The van der Waals surface area contributed by atoms with Gasteiger partial charge in [-0.15, -0.1) is 11.8 Å². The van der Waals surface area contributed by atoms with Crippen molar-refractivity contribution in [1.29, 1.82) is 0 Å². The van der Waals surface area contributed by atoms with Crippen LogP contribution in [0.15, 0.2) is 0 Å². The lowest BCUT2D eigenvalue weighted by Gasteiger charge is -2.14. The van der Waals surface area contributed by atoms with Gasteiger partial charge >= 0.3 is 23.9 Å². The van der Waals surface area contributed by atoms with Crippen LogP contribution >= 0.6 is 11.8 Å². The second-order valence-corrected chi connectivity index (χ2v) is 4.40. The van der Waals surface area contributed by atoms with Gasteiger partial charge in [-0.25, -0.2) is 0 Å². The molecule has 0 saturated heterocycles. The van der Waals surface area contributed by atoms with E-state index >= 15 is 0 Å². The second kappa shape index (κ2) is 6.74. The Bertz CT molecular complexity index is 306. The van der Waals surface area contributed by atoms with Crippen molar-refractivity contribution in [2.45, 2.75) is 23.3 Å². The highest BCUT2D eigenvalue weighted by molar-refractivity contribution is 8.01. The van der Waals surface area contributed by atoms with E-state index in [0.717, 1.165) is 0 Å². The molecular formula is C8H10O8S. The zero-order chi connectivity index (χ0) is 13.6. The summed E-state index contributed by atoms with van der Waals surface area (Å²) in [6.45, 7) is 0. The SMILES string of the molecule is O=C(O)C[C@H](S[C@H](CC(=O)O)C(=O)O)C(=O)O. The van der Waals surface area contributed by atoms with Crippen molar-refractivity contribution < 1.29 is 39.6 Å². The molecule has 4 N–H and O–H groups in total. The van der Waals surface area contributed by atoms with E-state index in [0.29, 0.717) is 11.8 Å². The Hall–Kier alpha value is -1.77. The van der Waals surface area contributed by atoms with Crippen LogP contribution in [0.3, 0.4) is 0 Å². The maximum absolute atomic E-state index is 10.7. The van der Waals surface area contributed by atoms with Crippen LogP contribution in [-0.4, -0.2) is 54.8 Å². The van der Waals surface area contributed by atoms with E-state index in [-0.39, 0.29) is 0 Å². The summed E-state index contributed by atoms with van der Waals surface area (Å²) in [5, 5.41) is 31.2. The normalized spacial score (nSPS) is 13.6. The Kier molecular flexibility index (Phi) is 6.03. The summed E-state index contributed by atoms with van der Waals surface area (Å²) in [5.74, 6) is -5.78. The van der Waals surface area contributed by atoms with Gasteiger partial charge in [0.05, 0.1) is 12.8 Å². The molecule has 0 saturated carbocycles. The Morgan fingerprint density at radius 3 is 1.24 bits per heavy atom. The lowest BCUT2D eigenvalue weighted by Crippen LogP contribution is -2.28. The molecule has 0 aliphatic heterocycles. The predicted octanol–water partition coefficient (Wildman–Crippen LogP) is -0.425. The van der Waals surface area contributed by atoms with E-state index in [9.17, 15) is 19.2 Å². The lowest BCUT2D eigenvalue weighted by atomic mass is 10.3. The van der Waals surface area contributed by atoms with Gasteiger partial charge in [-0.1, -0.05) is 0 Å². The van der Waals surface area contributed by atoms with E-state index in [1.807, 2.05) is 0 Å². The molecule has 0 unspecified atom stereocenters. The van der Waals surface area contributed by atoms with E-state index in [4.69, 9.17) is 20.4 Å². The number of aliphatic carboxylic acids is 4. The molecule has 2 atom stereocenters. The van der Waals surface area contributed by atoms with Crippen LogP contribution in [0.2, 0.25) is 0 Å². The smallest absolute Gasteiger partial charge is 0.317 e. The molecule has 8 nitrogen and oxygen atoms in total. The molecule has 0 bridgehead atoms. The second-order valence-electron chi connectivity index (χ2n) is 2.99. The molecule has 0 aromatic rings. The highest BCUT2D eigenvalue weighted by Gasteiger charge is 2.30. The molecule has 0 rings (SSSR count). The summed E-state index contributed by atoms with van der Waals surface area (Å²) >= 11 is 0.302. The van der Waals surface area contributed by atoms with Crippen molar-refractivity contribution in [1.82, 2.24) is 0 Å². The minimum absolute atomic E-state index is 0.302. The fraction of sp³-hybridized carbons (Fsp3) is 0.500. The Balaban J connectivity index is 4.67. The van der Waals surface area contributed by atoms with Crippen molar-refractivity contribution in [3.05, 3.63) is 0 Å². The zero-order valence-electron chi connectivity index (χ0n) is 8.40. The molecule has 0 radical (unpaired) electrons. The van der Waals surface area contributed by atoms with Gasteiger partial charge < -0.3 is 20.4 Å². The first-order chi connectivity index (χ1) is 7.73. The third-order valence-electron chi connectivity index (χ3n) is 1.60. The Morgan fingerprint density at radius 1 is 0.765 bits per heavy atom. The standard InChI is InChI=1S/C8H10O8S/c9-5(10)1-3(7(13)14)17-4(8(15)16)2-6(11)12/h3-4H,1-2H2,(H,9,10)(H,11,12)(H,13,14)(H,15,16)/t3-,4+. The molecule has 0 aromatic carbocycles. The first-order valence-electron chi connectivity index (χ1n) is 4.28. The topological polar surface area (TPSA) is 149 Å². The predicted molar refractivity (Wildman–Crippen MR) is 54.9 cm³/mol. The Labute approximate surface area is 99.2 Å². The number of rotatable bonds is 8. The van der Waals surface area contributed by atoms with Gasteiger partial charge in [0, 0.05) is 0 Å². The van der Waals surface area contributed by atoms with Crippen molar-refractivity contribution >= 4 is 35.6 Å². The first-order valence-corrected chi connectivity index (χ1v) is 5.23. The largest absolute Gasteiger partial charge is 0.481 e. The molecule has 17 heavy (non-hydrogen) atoms. The van der Waals surface area contributed by atoms with Crippen LogP contribution in [0.25, 0.3) is 0 Å². The molecule has 96 valence electrons. The highest BCUT2D eigenvalue weighted by Crippen LogP contribution is 2.24. The quantitative estimate of drug-likeness (QED) is 0.459. The first kappa shape index (κ1) is 15.2. The van der Waals surface area contributed by atoms with Crippen LogP contribution in [0.5, 0.6) is 0 Å². The zero-order valence-corrected chi connectivity index (χ0v) is 9.22. The molecule has 9 heteroatoms. The third kappa shape index (κ3) is 6.40. The minimum Gasteiger partial charge on any atom is -0.481 e. The molecule has 0 aliphatic rings. The van der Waals surface area contributed by atoms with Crippen molar-refractivity contribution in [2.24, 2.45) is 0 Å². The molecule has 0 aliphatic carbocycles. The Morgan fingerprint density at radius 2 is 1.06 bits per heavy atom. The van der Waals surface area contributed by atoms with Crippen LogP contribution in [0, 0.1) is 0 Å². The summed E-state index contributed by atoms with van der Waals surface area (Å²) in [7, 11) is 0. The molecular weight excluding hydrogens is 256 g/mol. The number of carboxylic acid groups (broad SMARTS) is 4. The highest BCUT2D eigenvalue weighted by atomic mass is 32.2. The minimum atomic E-state index is -1.49. The van der Waals surface area contributed by atoms with Crippen LogP contribution in [0.1, 0.15) is 12.8 Å². The monoisotopic (exact) mass is 266 g/mol. The van der Waals surface area contributed by atoms with Crippen LogP contribution < -0.4 is 0 Å². The number of carbonyl (C=O) groups is 4. The average Bonchev–Trinajstić information content (AvgIpc) is 2.13. The van der Waals surface area contributed by atoms with Gasteiger partial charge in [0.15, 0.2) is 0 Å². The van der Waals surface area contributed by atoms with Crippen molar-refractivity contribution in [2.75, 3.05) is 0 Å². The van der Waals surface area contributed by atoms with Crippen molar-refractivity contribution in [3.8, 4) is 0 Å². The van der Waals surface area contributed by atoms with Gasteiger partial charge in [0.1, 0.15) is 10.5 Å². The summed E-state index contributed by atoms with van der Waals surface area (Å²) in [6, 6.07) is 0. The maximum atomic E-state index is 10.7. The average molecular weight is 266 g/mol. The summed E-state index contributed by atoms with van der Waals surface area (Å²) in [5.41, 5.74) is 0. The van der Waals surface area contributed by atoms with Gasteiger partial charge in [-0.2, -0.15) is 0 Å². The molecule has 0 spiro atoms. The third-order valence-corrected chi connectivity index (χ3v) is 2.99. The summed E-state index contributed by atoms with van der Waals surface area (Å²) in [6.07, 6.45) is -1.55. The van der Waals surface area contributed by atoms with Gasteiger partial charge in [-0.05, 0) is 0 Å². The van der Waals surface area contributed by atoms with Gasteiger partial charge in [0.25, 0.3) is 0 Å². The summed E-state index contributed by atoms with van der Waals surface area (Å²) in [4.78, 5) is 42.0. The lowest BCUT2D eigenvalue weighted by molar-refractivity contribution is -0.143. The number of thioether (sulfide) groups is 1.